The summed E-state index contributed by atoms with van der Waals surface area (Å²) in [7, 11) is 0. The fourth-order valence-electron chi connectivity index (χ4n) is 9.11. The molecule has 0 bridgehead atoms. The topological polar surface area (TPSA) is 99.5 Å². The van der Waals surface area contributed by atoms with Gasteiger partial charge in [-0.2, -0.15) is 10.1 Å². The third-order valence-corrected chi connectivity index (χ3v) is 11.5. The third-order valence-electron chi connectivity index (χ3n) is 11.5. The van der Waals surface area contributed by atoms with Crippen molar-refractivity contribution < 1.29 is 29.5 Å². The van der Waals surface area contributed by atoms with E-state index in [-0.39, 0.29) is 40.4 Å². The molecule has 2 rings (SSSR count). The Labute approximate surface area is 321 Å². The van der Waals surface area contributed by atoms with Crippen molar-refractivity contribution in [2.45, 2.75) is 245 Å². The molecule has 0 spiro atoms. The van der Waals surface area contributed by atoms with Gasteiger partial charge in [0.2, 0.25) is 0 Å². The van der Waals surface area contributed by atoms with Gasteiger partial charge in [-0.3, -0.25) is 19.3 Å². The van der Waals surface area contributed by atoms with Gasteiger partial charge in [0.05, 0.1) is 19.1 Å². The molecule has 0 amide bonds. The van der Waals surface area contributed by atoms with Crippen molar-refractivity contribution in [3.05, 3.63) is 0 Å². The second-order valence-corrected chi connectivity index (χ2v) is 18.7. The molecule has 8 nitrogen and oxygen atoms in total. The SMILES string of the molecule is CCCCCCCCON1C(C)(C)CC(C(CCCCCCCC(=O)O)C(=O)O)CC1(C)C.CCCCCCCCON1C(C)(C)CCCC1(C)C. The molecule has 0 radical (unpaired) electrons. The summed E-state index contributed by atoms with van der Waals surface area (Å²) in [6.45, 7) is 24.1. The van der Waals surface area contributed by atoms with Crippen molar-refractivity contribution in [3.8, 4) is 0 Å². The Morgan fingerprint density at radius 2 is 0.962 bits per heavy atom. The van der Waals surface area contributed by atoms with Crippen LogP contribution in [0.1, 0.15) is 223 Å². The predicted molar refractivity (Wildman–Crippen MR) is 216 cm³/mol. The molecule has 2 aliphatic rings. The van der Waals surface area contributed by atoms with E-state index < -0.39 is 11.9 Å². The number of hydrogen-bond acceptors (Lipinski definition) is 6. The fourth-order valence-corrected chi connectivity index (χ4v) is 9.11. The van der Waals surface area contributed by atoms with Gasteiger partial charge in [-0.15, -0.1) is 0 Å². The van der Waals surface area contributed by atoms with Gasteiger partial charge < -0.3 is 10.2 Å². The summed E-state index contributed by atoms with van der Waals surface area (Å²) in [5.74, 6) is -1.62. The Balaban J connectivity index is 0.000000601. The van der Waals surface area contributed by atoms with Crippen molar-refractivity contribution >= 4 is 11.9 Å². The second kappa shape index (κ2) is 25.0. The lowest BCUT2D eigenvalue weighted by atomic mass is 9.69. The number of nitrogens with zero attached hydrogens (tertiary/aromatic N) is 2. The Bertz CT molecular complexity index is 930. The average molecular weight is 739 g/mol. The smallest absolute Gasteiger partial charge is 0.306 e. The number of hydroxylamine groups is 4. The molecule has 0 aromatic heterocycles. The lowest BCUT2D eigenvalue weighted by Gasteiger charge is -2.54. The van der Waals surface area contributed by atoms with Crippen molar-refractivity contribution in [2.75, 3.05) is 13.2 Å². The van der Waals surface area contributed by atoms with E-state index in [9.17, 15) is 14.7 Å². The molecular formula is C44H86N2O6. The van der Waals surface area contributed by atoms with E-state index in [1.807, 2.05) is 0 Å². The zero-order valence-electron chi connectivity index (χ0n) is 36.0. The molecule has 2 N–H and O–H groups in total. The molecule has 1 unspecified atom stereocenters. The summed E-state index contributed by atoms with van der Waals surface area (Å²) >= 11 is 0. The molecule has 2 aliphatic heterocycles. The molecule has 2 heterocycles. The summed E-state index contributed by atoms with van der Waals surface area (Å²) in [6.07, 6.45) is 26.2. The lowest BCUT2D eigenvalue weighted by molar-refractivity contribution is -0.290. The van der Waals surface area contributed by atoms with E-state index in [2.05, 4.69) is 79.4 Å². The highest BCUT2D eigenvalue weighted by atomic mass is 16.7. The van der Waals surface area contributed by atoms with E-state index in [1.165, 1.54) is 89.9 Å². The van der Waals surface area contributed by atoms with Crippen LogP contribution in [0.3, 0.4) is 0 Å². The summed E-state index contributed by atoms with van der Waals surface area (Å²) in [5, 5.41) is 23.1. The maximum absolute atomic E-state index is 12.2. The van der Waals surface area contributed by atoms with E-state index in [0.29, 0.717) is 12.8 Å². The fraction of sp³-hybridized carbons (Fsp3) is 0.955. The van der Waals surface area contributed by atoms with Gasteiger partial charge in [-0.1, -0.05) is 104 Å². The van der Waals surface area contributed by atoms with Crippen LogP contribution in [0.25, 0.3) is 0 Å². The van der Waals surface area contributed by atoms with Crippen LogP contribution in [0.15, 0.2) is 0 Å². The molecule has 0 aliphatic carbocycles. The molecule has 308 valence electrons. The third kappa shape index (κ3) is 18.9. The maximum Gasteiger partial charge on any atom is 0.306 e. The Morgan fingerprint density at radius 3 is 1.38 bits per heavy atom. The number of carboxylic acids is 2. The molecule has 2 saturated heterocycles. The second-order valence-electron chi connectivity index (χ2n) is 18.7. The maximum atomic E-state index is 12.2. The first-order valence-electron chi connectivity index (χ1n) is 21.7. The number of rotatable bonds is 26. The van der Waals surface area contributed by atoms with Crippen LogP contribution in [-0.2, 0) is 19.3 Å². The number of hydrogen-bond donors (Lipinski definition) is 2. The van der Waals surface area contributed by atoms with Crippen molar-refractivity contribution in [2.24, 2.45) is 11.8 Å². The molecule has 0 aromatic rings. The molecule has 0 saturated carbocycles. The van der Waals surface area contributed by atoms with Crippen LogP contribution in [-0.4, -0.2) is 67.6 Å². The van der Waals surface area contributed by atoms with Gasteiger partial charge in [0, 0.05) is 28.6 Å². The van der Waals surface area contributed by atoms with Crippen LogP contribution in [0.5, 0.6) is 0 Å². The molecule has 2 fully saturated rings. The minimum Gasteiger partial charge on any atom is -0.481 e. The van der Waals surface area contributed by atoms with Crippen LogP contribution in [0.4, 0.5) is 0 Å². The normalized spacial score (nSPS) is 20.6. The highest BCUT2D eigenvalue weighted by Gasteiger charge is 2.49. The Hall–Kier alpha value is -1.22. The van der Waals surface area contributed by atoms with Crippen LogP contribution >= 0.6 is 0 Å². The minimum absolute atomic E-state index is 0.133. The monoisotopic (exact) mass is 739 g/mol. The largest absolute Gasteiger partial charge is 0.481 e. The summed E-state index contributed by atoms with van der Waals surface area (Å²) < 4.78 is 0. The first-order chi connectivity index (χ1) is 24.4. The molecular weight excluding hydrogens is 652 g/mol. The number of carbonyl (C=O) groups is 2. The first kappa shape index (κ1) is 48.8. The molecule has 8 heteroatoms. The molecule has 52 heavy (non-hydrogen) atoms. The number of aliphatic carboxylic acids is 2. The zero-order valence-corrected chi connectivity index (χ0v) is 36.0. The Kier molecular flexibility index (Phi) is 23.5. The number of unbranched alkanes of at least 4 members (excludes halogenated alkanes) is 14. The number of carboxylic acid groups (broad SMARTS) is 2. The molecule has 1 atom stereocenters. The van der Waals surface area contributed by atoms with Crippen LogP contribution < -0.4 is 0 Å². The Morgan fingerprint density at radius 1 is 0.577 bits per heavy atom. The van der Waals surface area contributed by atoms with Gasteiger partial charge >= 0.3 is 11.9 Å². The quantitative estimate of drug-likeness (QED) is 0.0846. The predicted octanol–water partition coefficient (Wildman–Crippen LogP) is 12.4. The van der Waals surface area contributed by atoms with E-state index in [4.69, 9.17) is 14.8 Å². The van der Waals surface area contributed by atoms with E-state index in [0.717, 1.165) is 58.2 Å². The average Bonchev–Trinajstić information content (AvgIpc) is 3.02. The first-order valence-corrected chi connectivity index (χ1v) is 21.7. The minimum atomic E-state index is -0.742. The van der Waals surface area contributed by atoms with Crippen LogP contribution in [0.2, 0.25) is 0 Å². The van der Waals surface area contributed by atoms with Gasteiger partial charge in [0.15, 0.2) is 0 Å². The van der Waals surface area contributed by atoms with Crippen LogP contribution in [0, 0.1) is 11.8 Å². The number of piperidine rings is 2. The summed E-state index contributed by atoms with van der Waals surface area (Å²) in [5.41, 5.74) is -0.0494. The standard InChI is InChI=1S/C27H51NO5.C17H35NO/c1-6-7-8-9-13-16-19-33-28-26(2,3)20-22(21-27(28,4)5)23(25(31)32)17-14-11-10-12-15-18-24(29)30;1-6-7-8-9-10-11-15-19-18-16(2,3)13-12-14-17(18,4)5/h22-23H,6-21H2,1-5H3,(H,29,30)(H,31,32);6-15H2,1-5H3. The summed E-state index contributed by atoms with van der Waals surface area (Å²) in [6, 6.07) is 0. The van der Waals surface area contributed by atoms with Crippen molar-refractivity contribution in [1.82, 2.24) is 10.1 Å². The van der Waals surface area contributed by atoms with E-state index >= 15 is 0 Å². The van der Waals surface area contributed by atoms with Gasteiger partial charge in [0.25, 0.3) is 0 Å². The van der Waals surface area contributed by atoms with Gasteiger partial charge in [-0.05, 0) is 119 Å². The van der Waals surface area contributed by atoms with Crippen molar-refractivity contribution in [1.29, 1.82) is 0 Å². The van der Waals surface area contributed by atoms with Gasteiger partial charge in [-0.25, -0.2) is 0 Å². The highest BCUT2D eigenvalue weighted by Crippen LogP contribution is 2.45. The highest BCUT2D eigenvalue weighted by molar-refractivity contribution is 5.70. The van der Waals surface area contributed by atoms with Gasteiger partial charge in [0.1, 0.15) is 0 Å². The van der Waals surface area contributed by atoms with E-state index in [1.54, 1.807) is 0 Å². The lowest BCUT2D eigenvalue weighted by Crippen LogP contribution is -2.61. The summed E-state index contributed by atoms with van der Waals surface area (Å²) in [4.78, 5) is 35.2. The molecule has 0 aromatic carbocycles. The van der Waals surface area contributed by atoms with Crippen molar-refractivity contribution in [3.63, 3.8) is 0 Å². The zero-order chi connectivity index (χ0) is 39.3.